The lowest BCUT2D eigenvalue weighted by Gasteiger charge is -2.05. The van der Waals surface area contributed by atoms with Crippen LogP contribution in [0.15, 0.2) is 23.0 Å². The van der Waals surface area contributed by atoms with Crippen LogP contribution in [0.25, 0.3) is 23.0 Å². The molecule has 22 heavy (non-hydrogen) atoms. The van der Waals surface area contributed by atoms with Crippen molar-refractivity contribution in [1.82, 2.24) is 25.1 Å². The number of oxazole rings is 1. The van der Waals surface area contributed by atoms with Crippen molar-refractivity contribution in [2.45, 2.75) is 20.8 Å². The molecule has 0 radical (unpaired) electrons. The fourth-order valence-corrected chi connectivity index (χ4v) is 2.05. The van der Waals surface area contributed by atoms with Gasteiger partial charge in [0.1, 0.15) is 12.1 Å². The zero-order chi connectivity index (χ0) is 15.7. The fraction of sp³-hybridized carbons (Fsp3) is 0.214. The number of carbonyl (C=O) groups is 1. The highest BCUT2D eigenvalue weighted by Crippen LogP contribution is 2.29. The molecule has 0 aromatic carbocycles. The molecule has 3 rings (SSSR count). The van der Waals surface area contributed by atoms with E-state index in [4.69, 9.17) is 4.42 Å². The number of aromatic nitrogens is 5. The van der Waals surface area contributed by atoms with E-state index in [2.05, 4.69) is 30.5 Å². The zero-order valence-electron chi connectivity index (χ0n) is 12.3. The summed E-state index contributed by atoms with van der Waals surface area (Å²) in [5.74, 6) is 1.75. The lowest BCUT2D eigenvalue weighted by atomic mass is 10.1. The number of aromatic amines is 1. The summed E-state index contributed by atoms with van der Waals surface area (Å²) >= 11 is 0. The van der Waals surface area contributed by atoms with Crippen molar-refractivity contribution < 1.29 is 9.21 Å². The summed E-state index contributed by atoms with van der Waals surface area (Å²) in [5, 5.41) is 9.19. The van der Waals surface area contributed by atoms with Gasteiger partial charge in [0.25, 0.3) is 0 Å². The highest BCUT2D eigenvalue weighted by molar-refractivity contribution is 5.88. The molecule has 0 spiro atoms. The Morgan fingerprint density at radius 3 is 2.82 bits per heavy atom. The summed E-state index contributed by atoms with van der Waals surface area (Å²) in [6.45, 7) is 5.15. The van der Waals surface area contributed by atoms with Crippen molar-refractivity contribution in [1.29, 1.82) is 0 Å². The Bertz CT molecular complexity index is 822. The van der Waals surface area contributed by atoms with Crippen LogP contribution >= 0.6 is 0 Å². The van der Waals surface area contributed by atoms with Crippen molar-refractivity contribution in [2.75, 3.05) is 5.32 Å². The number of anilines is 1. The summed E-state index contributed by atoms with van der Waals surface area (Å²) in [6, 6.07) is 1.73. The first-order chi connectivity index (χ1) is 10.5. The van der Waals surface area contributed by atoms with E-state index in [0.29, 0.717) is 29.0 Å². The summed E-state index contributed by atoms with van der Waals surface area (Å²) < 4.78 is 5.80. The Kier molecular flexibility index (Phi) is 3.42. The molecule has 0 saturated heterocycles. The predicted octanol–water partition coefficient (Wildman–Crippen LogP) is 2.10. The molecule has 0 saturated carbocycles. The Morgan fingerprint density at radius 1 is 1.32 bits per heavy atom. The molecule has 0 bridgehead atoms. The van der Waals surface area contributed by atoms with Crippen LogP contribution in [0.2, 0.25) is 0 Å². The van der Waals surface area contributed by atoms with Crippen LogP contribution in [0.4, 0.5) is 5.82 Å². The van der Waals surface area contributed by atoms with Crippen LogP contribution in [-0.2, 0) is 4.79 Å². The van der Waals surface area contributed by atoms with Crippen LogP contribution in [0.3, 0.4) is 0 Å². The lowest BCUT2D eigenvalue weighted by Crippen LogP contribution is -2.07. The first-order valence-corrected chi connectivity index (χ1v) is 6.62. The molecule has 1 amide bonds. The smallest absolute Gasteiger partial charge is 0.227 e. The van der Waals surface area contributed by atoms with E-state index in [0.717, 1.165) is 11.1 Å². The van der Waals surface area contributed by atoms with Gasteiger partial charge in [-0.15, -0.1) is 0 Å². The van der Waals surface area contributed by atoms with E-state index < -0.39 is 0 Å². The van der Waals surface area contributed by atoms with Crippen molar-refractivity contribution in [2.24, 2.45) is 0 Å². The first kappa shape index (κ1) is 13.9. The number of pyridine rings is 1. The Labute approximate surface area is 126 Å². The van der Waals surface area contributed by atoms with Crippen molar-refractivity contribution in [3.63, 3.8) is 0 Å². The molecule has 0 aliphatic carbocycles. The van der Waals surface area contributed by atoms with Gasteiger partial charge in [0, 0.05) is 18.7 Å². The predicted molar refractivity (Wildman–Crippen MR) is 78.9 cm³/mol. The molecule has 112 valence electrons. The fourth-order valence-electron chi connectivity index (χ4n) is 2.05. The molecule has 0 fully saturated rings. The third-order valence-electron chi connectivity index (χ3n) is 3.06. The highest BCUT2D eigenvalue weighted by Gasteiger charge is 2.17. The van der Waals surface area contributed by atoms with Gasteiger partial charge in [-0.2, -0.15) is 5.10 Å². The molecule has 0 aliphatic heterocycles. The molecule has 8 nitrogen and oxygen atoms in total. The Morgan fingerprint density at radius 2 is 2.14 bits per heavy atom. The molecule has 3 aromatic rings. The molecule has 0 atom stereocenters. The zero-order valence-corrected chi connectivity index (χ0v) is 12.3. The monoisotopic (exact) mass is 298 g/mol. The maximum Gasteiger partial charge on any atom is 0.227 e. The van der Waals surface area contributed by atoms with Crippen LogP contribution in [-0.4, -0.2) is 31.1 Å². The second-order valence-electron chi connectivity index (χ2n) is 4.83. The molecular formula is C14H14N6O2. The maximum atomic E-state index is 11.2. The van der Waals surface area contributed by atoms with Crippen LogP contribution in [0.5, 0.6) is 0 Å². The third kappa shape index (κ3) is 2.58. The number of nitrogens with one attached hydrogen (secondary N) is 2. The van der Waals surface area contributed by atoms with E-state index in [1.807, 2.05) is 13.8 Å². The SMILES string of the molecule is CC(=O)Nc1cc(-c2nc(C)c(-c3ncn[nH]3)o2)c(C)cn1. The van der Waals surface area contributed by atoms with Gasteiger partial charge in [-0.25, -0.2) is 15.0 Å². The van der Waals surface area contributed by atoms with Gasteiger partial charge in [-0.3, -0.25) is 9.89 Å². The molecule has 3 aromatic heterocycles. The van der Waals surface area contributed by atoms with Gasteiger partial charge in [0.2, 0.25) is 11.8 Å². The van der Waals surface area contributed by atoms with Gasteiger partial charge in [-0.05, 0) is 25.5 Å². The number of amides is 1. The largest absolute Gasteiger partial charge is 0.432 e. The number of H-pyrrole nitrogens is 1. The number of rotatable bonds is 3. The van der Waals surface area contributed by atoms with E-state index in [-0.39, 0.29) is 5.91 Å². The number of carbonyl (C=O) groups excluding carboxylic acids is 1. The van der Waals surface area contributed by atoms with Gasteiger partial charge in [0.15, 0.2) is 11.6 Å². The van der Waals surface area contributed by atoms with E-state index >= 15 is 0 Å². The summed E-state index contributed by atoms with van der Waals surface area (Å²) in [5.41, 5.74) is 2.34. The number of hydrogen-bond acceptors (Lipinski definition) is 6. The van der Waals surface area contributed by atoms with Gasteiger partial charge in [-0.1, -0.05) is 0 Å². The molecule has 8 heteroatoms. The number of hydrogen-bond donors (Lipinski definition) is 2. The minimum atomic E-state index is -0.187. The Balaban J connectivity index is 2.04. The maximum absolute atomic E-state index is 11.2. The molecule has 0 unspecified atom stereocenters. The number of nitrogens with zero attached hydrogens (tertiary/aromatic N) is 4. The summed E-state index contributed by atoms with van der Waals surface area (Å²) in [6.07, 6.45) is 3.07. The van der Waals surface area contributed by atoms with Crippen LogP contribution in [0.1, 0.15) is 18.2 Å². The van der Waals surface area contributed by atoms with Crippen molar-refractivity contribution >= 4 is 11.7 Å². The van der Waals surface area contributed by atoms with Crippen molar-refractivity contribution in [3.8, 4) is 23.0 Å². The van der Waals surface area contributed by atoms with E-state index in [1.54, 1.807) is 12.3 Å². The second kappa shape index (κ2) is 5.40. The van der Waals surface area contributed by atoms with Gasteiger partial charge < -0.3 is 9.73 Å². The third-order valence-corrected chi connectivity index (χ3v) is 3.06. The Hall–Kier alpha value is -3.03. The second-order valence-corrected chi connectivity index (χ2v) is 4.83. The molecular weight excluding hydrogens is 284 g/mol. The van der Waals surface area contributed by atoms with E-state index in [9.17, 15) is 4.79 Å². The van der Waals surface area contributed by atoms with Crippen LogP contribution < -0.4 is 5.32 Å². The molecule has 3 heterocycles. The highest BCUT2D eigenvalue weighted by atomic mass is 16.4. The normalized spacial score (nSPS) is 10.7. The number of aryl methyl sites for hydroxylation is 2. The standard InChI is InChI=1S/C14H14N6O2/c1-7-5-15-11(19-9(3)21)4-10(7)14-18-8(2)12(22-14)13-16-6-17-20-13/h4-6H,1-3H3,(H,15,19,21)(H,16,17,20). The average molecular weight is 298 g/mol. The summed E-state index contributed by atoms with van der Waals surface area (Å²) in [4.78, 5) is 23.8. The minimum Gasteiger partial charge on any atom is -0.432 e. The topological polar surface area (TPSA) is 110 Å². The lowest BCUT2D eigenvalue weighted by molar-refractivity contribution is -0.114. The molecule has 2 N–H and O–H groups in total. The van der Waals surface area contributed by atoms with Gasteiger partial charge >= 0.3 is 0 Å². The first-order valence-electron chi connectivity index (χ1n) is 6.62. The van der Waals surface area contributed by atoms with E-state index in [1.165, 1.54) is 13.3 Å². The van der Waals surface area contributed by atoms with Gasteiger partial charge in [0.05, 0.1) is 5.69 Å². The summed E-state index contributed by atoms with van der Waals surface area (Å²) in [7, 11) is 0. The van der Waals surface area contributed by atoms with Crippen molar-refractivity contribution in [3.05, 3.63) is 29.8 Å². The van der Waals surface area contributed by atoms with Crippen LogP contribution in [0, 0.1) is 13.8 Å². The minimum absolute atomic E-state index is 0.187. The average Bonchev–Trinajstić information content (AvgIpc) is 3.09. The quantitative estimate of drug-likeness (QED) is 0.766. The molecule has 0 aliphatic rings.